The molecule has 0 saturated carbocycles. The summed E-state index contributed by atoms with van der Waals surface area (Å²) in [5.41, 5.74) is -0.477. The molecule has 1 heterocycles. The molecule has 3 N–H and O–H groups in total. The second kappa shape index (κ2) is 15.2. The maximum absolute atomic E-state index is 11.6. The Labute approximate surface area is 181 Å². The number of guanidine groups is 1. The lowest BCUT2D eigenvalue weighted by Crippen LogP contribution is -2.42. The van der Waals surface area contributed by atoms with E-state index in [4.69, 9.17) is 9.47 Å². The quantitative estimate of drug-likeness (QED) is 0.194. The molecule has 1 aliphatic rings. The van der Waals surface area contributed by atoms with Gasteiger partial charge in [0.2, 0.25) is 0 Å². The predicted molar refractivity (Wildman–Crippen MR) is 120 cm³/mol. The first kappa shape index (κ1) is 26.2. The summed E-state index contributed by atoms with van der Waals surface area (Å²) < 4.78 is 10.6. The second-order valence-electron chi connectivity index (χ2n) is 7.28. The molecule has 0 atom stereocenters. The molecule has 1 amide bonds. The first-order valence-corrected chi connectivity index (χ1v) is 9.70. The average molecular weight is 499 g/mol. The monoisotopic (exact) mass is 499 g/mol. The highest BCUT2D eigenvalue weighted by molar-refractivity contribution is 14.0. The Kier molecular flexibility index (Phi) is 14.7. The molecule has 27 heavy (non-hydrogen) atoms. The third kappa shape index (κ3) is 14.9. The van der Waals surface area contributed by atoms with Gasteiger partial charge in [-0.25, -0.2) is 4.79 Å². The van der Waals surface area contributed by atoms with Crippen LogP contribution in [0.25, 0.3) is 0 Å². The minimum absolute atomic E-state index is 0. The minimum Gasteiger partial charge on any atom is -0.444 e. The molecule has 9 heteroatoms. The lowest BCUT2D eigenvalue weighted by atomic mass is 10.2. The Bertz CT molecular complexity index is 424. The molecule has 8 nitrogen and oxygen atoms in total. The molecule has 0 aliphatic carbocycles. The third-order valence-corrected chi connectivity index (χ3v) is 3.69. The minimum atomic E-state index is -0.477. The van der Waals surface area contributed by atoms with Crippen molar-refractivity contribution >= 4 is 36.0 Å². The number of hydrogen-bond donors (Lipinski definition) is 3. The highest BCUT2D eigenvalue weighted by Gasteiger charge is 2.15. The van der Waals surface area contributed by atoms with Crippen LogP contribution in [0.1, 0.15) is 40.5 Å². The Hall–Kier alpha value is -0.810. The van der Waals surface area contributed by atoms with Gasteiger partial charge in [0.15, 0.2) is 5.96 Å². The first-order valence-electron chi connectivity index (χ1n) is 9.70. The molecule has 0 aromatic heterocycles. The fourth-order valence-corrected chi connectivity index (χ4v) is 2.46. The van der Waals surface area contributed by atoms with E-state index in [-0.39, 0.29) is 24.0 Å². The Morgan fingerprint density at radius 2 is 1.78 bits per heavy atom. The van der Waals surface area contributed by atoms with Crippen LogP contribution in [0.15, 0.2) is 4.99 Å². The van der Waals surface area contributed by atoms with E-state index < -0.39 is 11.7 Å². The molecular formula is C18H38IN5O3. The second-order valence-corrected chi connectivity index (χ2v) is 7.28. The van der Waals surface area contributed by atoms with Gasteiger partial charge in [-0.15, -0.1) is 24.0 Å². The van der Waals surface area contributed by atoms with Gasteiger partial charge in [0, 0.05) is 39.3 Å². The van der Waals surface area contributed by atoms with E-state index in [2.05, 4.69) is 25.8 Å². The molecule has 0 radical (unpaired) electrons. The number of aliphatic imine (C=N–C) groups is 1. The van der Waals surface area contributed by atoms with E-state index >= 15 is 0 Å². The SMILES string of the molecule is CCNC(=NCCCCN1CCOCC1)NCCNC(=O)OC(C)(C)C.I. The number of morpholine rings is 1. The van der Waals surface area contributed by atoms with E-state index in [1.54, 1.807) is 0 Å². The molecule has 160 valence electrons. The van der Waals surface area contributed by atoms with Crippen LogP contribution in [-0.2, 0) is 9.47 Å². The average Bonchev–Trinajstić information content (AvgIpc) is 2.57. The summed E-state index contributed by atoms with van der Waals surface area (Å²) in [4.78, 5) is 18.6. The number of nitrogens with zero attached hydrogens (tertiary/aromatic N) is 2. The number of hydrogen-bond acceptors (Lipinski definition) is 5. The smallest absolute Gasteiger partial charge is 0.407 e. The van der Waals surface area contributed by atoms with Gasteiger partial charge in [0.1, 0.15) is 5.60 Å². The molecule has 1 fully saturated rings. The number of carbonyl (C=O) groups is 1. The molecule has 0 spiro atoms. The molecule has 0 aromatic carbocycles. The van der Waals surface area contributed by atoms with Gasteiger partial charge in [-0.3, -0.25) is 9.89 Å². The van der Waals surface area contributed by atoms with Gasteiger partial charge >= 0.3 is 6.09 Å². The van der Waals surface area contributed by atoms with Gasteiger partial charge in [0.25, 0.3) is 0 Å². The van der Waals surface area contributed by atoms with Crippen LogP contribution in [0.3, 0.4) is 0 Å². The molecular weight excluding hydrogens is 461 g/mol. The molecule has 1 saturated heterocycles. The van der Waals surface area contributed by atoms with Crippen LogP contribution in [0.4, 0.5) is 4.79 Å². The van der Waals surface area contributed by atoms with Crippen LogP contribution in [0.2, 0.25) is 0 Å². The summed E-state index contributed by atoms with van der Waals surface area (Å²) in [6.07, 6.45) is 1.80. The number of unbranched alkanes of at least 4 members (excludes halogenated alkanes) is 1. The van der Waals surface area contributed by atoms with Crippen LogP contribution in [0, 0.1) is 0 Å². The standard InChI is InChI=1S/C18H37N5O3.HI/c1-5-19-16(21-9-10-22-17(24)26-18(2,3)4)20-8-6-7-11-23-12-14-25-15-13-23;/h5-15H2,1-4H3,(H,22,24)(H2,19,20,21);1H. The van der Waals surface area contributed by atoms with Gasteiger partial charge < -0.3 is 25.4 Å². The van der Waals surface area contributed by atoms with Crippen LogP contribution in [0.5, 0.6) is 0 Å². The Morgan fingerprint density at radius 3 is 2.41 bits per heavy atom. The predicted octanol–water partition coefficient (Wildman–Crippen LogP) is 1.80. The number of rotatable bonds is 9. The van der Waals surface area contributed by atoms with Gasteiger partial charge in [0.05, 0.1) is 13.2 Å². The van der Waals surface area contributed by atoms with Crippen molar-refractivity contribution < 1.29 is 14.3 Å². The normalized spacial score (nSPS) is 15.6. The van der Waals surface area contributed by atoms with E-state index in [9.17, 15) is 4.79 Å². The number of amides is 1. The van der Waals surface area contributed by atoms with Crippen LogP contribution < -0.4 is 16.0 Å². The van der Waals surface area contributed by atoms with Gasteiger partial charge in [-0.1, -0.05) is 0 Å². The summed E-state index contributed by atoms with van der Waals surface area (Å²) in [6.45, 7) is 15.1. The van der Waals surface area contributed by atoms with Crippen molar-refractivity contribution in [1.29, 1.82) is 0 Å². The summed E-state index contributed by atoms with van der Waals surface area (Å²) >= 11 is 0. The topological polar surface area (TPSA) is 87.2 Å². The number of ether oxygens (including phenoxy) is 2. The van der Waals surface area contributed by atoms with E-state index in [1.807, 2.05) is 27.7 Å². The third-order valence-electron chi connectivity index (χ3n) is 3.69. The molecule has 0 bridgehead atoms. The number of carbonyl (C=O) groups excluding carboxylic acids is 1. The lowest BCUT2D eigenvalue weighted by Gasteiger charge is -2.26. The summed E-state index contributed by atoms with van der Waals surface area (Å²) in [7, 11) is 0. The first-order chi connectivity index (χ1) is 12.4. The van der Waals surface area contributed by atoms with Gasteiger partial charge in [-0.2, -0.15) is 0 Å². The van der Waals surface area contributed by atoms with Crippen molar-refractivity contribution in [3.8, 4) is 0 Å². The van der Waals surface area contributed by atoms with Crippen molar-refractivity contribution in [2.24, 2.45) is 4.99 Å². The van der Waals surface area contributed by atoms with Crippen molar-refractivity contribution in [1.82, 2.24) is 20.9 Å². The van der Waals surface area contributed by atoms with Crippen LogP contribution >= 0.6 is 24.0 Å². The highest BCUT2D eigenvalue weighted by Crippen LogP contribution is 2.06. The fourth-order valence-electron chi connectivity index (χ4n) is 2.46. The summed E-state index contributed by atoms with van der Waals surface area (Å²) in [6, 6.07) is 0. The largest absolute Gasteiger partial charge is 0.444 e. The zero-order chi connectivity index (χ0) is 19.3. The molecule has 1 aliphatic heterocycles. The maximum Gasteiger partial charge on any atom is 0.407 e. The lowest BCUT2D eigenvalue weighted by molar-refractivity contribution is 0.0373. The van der Waals surface area contributed by atoms with E-state index in [0.29, 0.717) is 13.1 Å². The van der Waals surface area contributed by atoms with Crippen molar-refractivity contribution in [3.05, 3.63) is 0 Å². The zero-order valence-corrected chi connectivity index (χ0v) is 19.6. The Morgan fingerprint density at radius 1 is 1.11 bits per heavy atom. The van der Waals surface area contributed by atoms with Crippen LogP contribution in [-0.4, -0.2) is 81.6 Å². The highest BCUT2D eigenvalue weighted by atomic mass is 127. The van der Waals surface area contributed by atoms with Crippen molar-refractivity contribution in [2.75, 3.05) is 59.0 Å². The molecule has 0 aromatic rings. The number of alkyl carbamates (subject to hydrolysis) is 1. The van der Waals surface area contributed by atoms with E-state index in [0.717, 1.165) is 64.7 Å². The molecule has 1 rings (SSSR count). The molecule has 0 unspecified atom stereocenters. The maximum atomic E-state index is 11.6. The van der Waals surface area contributed by atoms with Gasteiger partial charge in [-0.05, 0) is 47.1 Å². The summed E-state index contributed by atoms with van der Waals surface area (Å²) in [5.74, 6) is 0.782. The number of halogens is 1. The zero-order valence-electron chi connectivity index (χ0n) is 17.3. The fraction of sp³-hybridized carbons (Fsp3) is 0.889. The van der Waals surface area contributed by atoms with Crippen molar-refractivity contribution in [3.63, 3.8) is 0 Å². The Balaban J connectivity index is 0.00000676. The summed E-state index contributed by atoms with van der Waals surface area (Å²) in [5, 5.41) is 9.17. The number of nitrogens with one attached hydrogen (secondary N) is 3. The van der Waals surface area contributed by atoms with Crippen molar-refractivity contribution in [2.45, 2.75) is 46.1 Å². The van der Waals surface area contributed by atoms with E-state index in [1.165, 1.54) is 0 Å².